The van der Waals surface area contributed by atoms with Crippen LogP contribution < -0.4 is 9.47 Å². The molecule has 4 aromatic rings. The molecule has 0 aliphatic heterocycles. The van der Waals surface area contributed by atoms with Crippen molar-refractivity contribution in [1.82, 2.24) is 9.78 Å². The van der Waals surface area contributed by atoms with Crippen LogP contribution in [-0.4, -0.2) is 49.0 Å². The fourth-order valence-electron chi connectivity index (χ4n) is 3.64. The molecule has 0 saturated heterocycles. The first kappa shape index (κ1) is 25.5. The molecule has 0 atom stereocenters. The third-order valence-corrected chi connectivity index (χ3v) is 5.72. The topological polar surface area (TPSA) is 106 Å². The van der Waals surface area contributed by atoms with Crippen molar-refractivity contribution < 1.29 is 33.3 Å². The first-order valence-corrected chi connectivity index (χ1v) is 11.3. The predicted molar refractivity (Wildman–Crippen MR) is 135 cm³/mol. The minimum atomic E-state index is -0.786. The zero-order valence-electron chi connectivity index (χ0n) is 20.1. The fourth-order valence-corrected chi connectivity index (χ4v) is 3.85. The normalized spacial score (nSPS) is 10.5. The number of hydrogen-bond donors (Lipinski definition) is 0. The molecule has 9 nitrogen and oxygen atoms in total. The van der Waals surface area contributed by atoms with Crippen LogP contribution in [0.3, 0.4) is 0 Å². The predicted octanol–water partition coefficient (Wildman–Crippen LogP) is 4.99. The summed E-state index contributed by atoms with van der Waals surface area (Å²) in [5.74, 6) is -1.94. The maximum atomic E-state index is 12.9. The zero-order valence-corrected chi connectivity index (χ0v) is 20.8. The van der Waals surface area contributed by atoms with E-state index in [9.17, 15) is 14.4 Å². The molecule has 0 spiro atoms. The molecule has 0 saturated carbocycles. The van der Waals surface area contributed by atoms with E-state index < -0.39 is 17.9 Å². The summed E-state index contributed by atoms with van der Waals surface area (Å²) < 4.78 is 22.2. The van der Waals surface area contributed by atoms with Crippen molar-refractivity contribution in [2.75, 3.05) is 21.3 Å². The molecule has 0 unspecified atom stereocenters. The summed E-state index contributed by atoms with van der Waals surface area (Å²) in [5.41, 5.74) is 1.04. The lowest BCUT2D eigenvalue weighted by atomic mass is 10.0. The molecule has 0 amide bonds. The van der Waals surface area contributed by atoms with Crippen molar-refractivity contribution in [3.05, 3.63) is 94.6 Å². The molecule has 0 radical (unpaired) electrons. The Labute approximate surface area is 217 Å². The van der Waals surface area contributed by atoms with E-state index in [1.54, 1.807) is 60.7 Å². The van der Waals surface area contributed by atoms with Crippen LogP contribution in [0.4, 0.5) is 0 Å². The molecule has 10 heteroatoms. The highest BCUT2D eigenvalue weighted by Gasteiger charge is 2.31. The molecule has 0 aliphatic carbocycles. The summed E-state index contributed by atoms with van der Waals surface area (Å²) in [7, 11) is 3.80. The number of esters is 3. The Morgan fingerprint density at radius 3 is 2.11 bits per heavy atom. The molecule has 37 heavy (non-hydrogen) atoms. The van der Waals surface area contributed by atoms with Gasteiger partial charge in [-0.2, -0.15) is 5.10 Å². The van der Waals surface area contributed by atoms with E-state index in [2.05, 4.69) is 5.10 Å². The van der Waals surface area contributed by atoms with Gasteiger partial charge in [-0.3, -0.25) is 0 Å². The summed E-state index contributed by atoms with van der Waals surface area (Å²) in [6, 6.07) is 19.9. The Hall–Kier alpha value is -4.63. The fraction of sp³-hybridized carbons (Fsp3) is 0.111. The van der Waals surface area contributed by atoms with Crippen molar-refractivity contribution >= 4 is 29.5 Å². The van der Waals surface area contributed by atoms with E-state index in [1.807, 2.05) is 0 Å². The van der Waals surface area contributed by atoms with Crippen molar-refractivity contribution in [3.63, 3.8) is 0 Å². The lowest BCUT2D eigenvalue weighted by Gasteiger charge is -2.11. The molecule has 0 fully saturated rings. The van der Waals surface area contributed by atoms with Gasteiger partial charge in [0.15, 0.2) is 17.2 Å². The van der Waals surface area contributed by atoms with Crippen molar-refractivity contribution in [2.24, 2.45) is 0 Å². The Balaban J connectivity index is 1.84. The van der Waals surface area contributed by atoms with Gasteiger partial charge in [-0.15, -0.1) is 0 Å². The summed E-state index contributed by atoms with van der Waals surface area (Å²) >= 11 is 6.11. The van der Waals surface area contributed by atoms with Gasteiger partial charge in [0.05, 0.1) is 37.6 Å². The zero-order chi connectivity index (χ0) is 26.5. The van der Waals surface area contributed by atoms with Gasteiger partial charge >= 0.3 is 17.9 Å². The maximum Gasteiger partial charge on any atom is 0.357 e. The highest BCUT2D eigenvalue weighted by atomic mass is 35.5. The van der Waals surface area contributed by atoms with E-state index in [0.29, 0.717) is 11.3 Å². The van der Waals surface area contributed by atoms with Crippen LogP contribution in [0, 0.1) is 0 Å². The molecular formula is C27H21ClN2O7. The quantitative estimate of drug-likeness (QED) is 0.248. The van der Waals surface area contributed by atoms with Crippen molar-refractivity contribution in [2.45, 2.75) is 0 Å². The minimum Gasteiger partial charge on any atom is -0.493 e. The molecule has 4 rings (SSSR count). The molecular weight excluding hydrogens is 500 g/mol. The number of rotatable bonds is 7. The average Bonchev–Trinajstić information content (AvgIpc) is 3.33. The number of aromatic nitrogens is 2. The molecule has 188 valence electrons. The van der Waals surface area contributed by atoms with Crippen LogP contribution >= 0.6 is 11.6 Å². The number of carbonyl (C=O) groups is 3. The monoisotopic (exact) mass is 520 g/mol. The van der Waals surface area contributed by atoms with Crippen LogP contribution in [-0.2, 0) is 9.47 Å². The Bertz CT molecular complexity index is 1480. The number of ether oxygens (including phenoxy) is 4. The van der Waals surface area contributed by atoms with Gasteiger partial charge in [0, 0.05) is 5.56 Å². The lowest BCUT2D eigenvalue weighted by Crippen LogP contribution is -2.15. The summed E-state index contributed by atoms with van der Waals surface area (Å²) in [6.45, 7) is 0. The number of benzene rings is 3. The van der Waals surface area contributed by atoms with Crippen LogP contribution in [0.25, 0.3) is 16.9 Å². The minimum absolute atomic E-state index is 0.0962. The summed E-state index contributed by atoms with van der Waals surface area (Å²) in [6.07, 6.45) is 0. The lowest BCUT2D eigenvalue weighted by molar-refractivity contribution is 0.0549. The maximum absolute atomic E-state index is 12.9. The third kappa shape index (κ3) is 5.03. The number of para-hydroxylation sites is 1. The third-order valence-electron chi connectivity index (χ3n) is 5.39. The summed E-state index contributed by atoms with van der Waals surface area (Å²) in [5, 5.41) is 4.79. The largest absolute Gasteiger partial charge is 0.493 e. The van der Waals surface area contributed by atoms with E-state index in [0.717, 1.165) is 0 Å². The molecule has 0 aliphatic rings. The molecule has 3 aromatic carbocycles. The molecule has 0 bridgehead atoms. The first-order chi connectivity index (χ1) is 17.9. The Morgan fingerprint density at radius 2 is 1.46 bits per heavy atom. The van der Waals surface area contributed by atoms with E-state index in [4.69, 9.17) is 30.5 Å². The highest BCUT2D eigenvalue weighted by molar-refractivity contribution is 6.33. The number of carbonyl (C=O) groups excluding carboxylic acids is 3. The second kappa shape index (κ2) is 11.0. The SMILES string of the molecule is COC(=O)c1c(-c2ccc(OC(=O)c3ccccc3Cl)c(OC)c2)nn(-c2ccccc2)c1C(=O)OC. The van der Waals surface area contributed by atoms with E-state index in [-0.39, 0.29) is 39.0 Å². The summed E-state index contributed by atoms with van der Waals surface area (Å²) in [4.78, 5) is 38.3. The number of nitrogens with zero attached hydrogens (tertiary/aromatic N) is 2. The Morgan fingerprint density at radius 1 is 0.784 bits per heavy atom. The molecule has 1 aromatic heterocycles. The number of methoxy groups -OCH3 is 3. The highest BCUT2D eigenvalue weighted by Crippen LogP contribution is 2.36. The standard InChI is InChI=1S/C27H21ClN2O7/c1-34-21-15-16(13-14-20(21)37-25(31)18-11-7-8-12-19(18)28)23-22(26(32)35-2)24(27(33)36-3)30(29-23)17-9-5-4-6-10-17/h4-15H,1-3H3. The van der Waals surface area contributed by atoms with E-state index in [1.165, 1.54) is 38.1 Å². The van der Waals surface area contributed by atoms with Crippen LogP contribution in [0.2, 0.25) is 5.02 Å². The van der Waals surface area contributed by atoms with Gasteiger partial charge in [-0.05, 0) is 42.5 Å². The molecule has 0 N–H and O–H groups in total. The van der Waals surface area contributed by atoms with Crippen LogP contribution in [0.1, 0.15) is 31.2 Å². The average molecular weight is 521 g/mol. The second-order valence-electron chi connectivity index (χ2n) is 7.54. The van der Waals surface area contributed by atoms with Gasteiger partial charge in [0.2, 0.25) is 0 Å². The second-order valence-corrected chi connectivity index (χ2v) is 7.94. The van der Waals surface area contributed by atoms with Crippen LogP contribution in [0.5, 0.6) is 11.5 Å². The van der Waals surface area contributed by atoms with Crippen LogP contribution in [0.15, 0.2) is 72.8 Å². The first-order valence-electron chi connectivity index (χ1n) is 10.9. The van der Waals surface area contributed by atoms with Crippen molar-refractivity contribution in [3.8, 4) is 28.4 Å². The number of hydrogen-bond acceptors (Lipinski definition) is 8. The molecule has 1 heterocycles. The Kier molecular flexibility index (Phi) is 7.55. The van der Waals surface area contributed by atoms with Gasteiger partial charge in [-0.1, -0.05) is 41.9 Å². The van der Waals surface area contributed by atoms with E-state index >= 15 is 0 Å². The number of halogens is 1. The van der Waals surface area contributed by atoms with Gasteiger partial charge in [0.25, 0.3) is 0 Å². The van der Waals surface area contributed by atoms with Gasteiger partial charge in [-0.25, -0.2) is 19.1 Å². The van der Waals surface area contributed by atoms with Crippen molar-refractivity contribution in [1.29, 1.82) is 0 Å². The smallest absolute Gasteiger partial charge is 0.357 e. The van der Waals surface area contributed by atoms with Gasteiger partial charge < -0.3 is 18.9 Å². The van der Waals surface area contributed by atoms with Gasteiger partial charge in [0.1, 0.15) is 11.3 Å².